The molecule has 0 fully saturated rings. The van der Waals surface area contributed by atoms with Crippen LogP contribution in [-0.4, -0.2) is 18.5 Å². The Balaban J connectivity index is 2.48. The van der Waals surface area contributed by atoms with E-state index in [1.807, 2.05) is 0 Å². The molecule has 1 aromatic rings. The summed E-state index contributed by atoms with van der Waals surface area (Å²) in [6, 6.07) is 1.80. The van der Waals surface area contributed by atoms with Gasteiger partial charge in [0.2, 0.25) is 0 Å². The zero-order valence-electron chi connectivity index (χ0n) is 13.9. The molecule has 0 saturated heterocycles. The molecule has 0 unspecified atom stereocenters. The van der Waals surface area contributed by atoms with Crippen LogP contribution < -0.4 is 11.1 Å². The van der Waals surface area contributed by atoms with E-state index in [0.717, 1.165) is 37.7 Å². The third-order valence-corrected chi connectivity index (χ3v) is 5.14. The van der Waals surface area contributed by atoms with Crippen molar-refractivity contribution in [2.45, 2.75) is 46.0 Å². The number of carbonyl (C=O) groups is 2. The fourth-order valence-electron chi connectivity index (χ4n) is 2.81. The van der Waals surface area contributed by atoms with E-state index in [1.165, 1.54) is 16.2 Å². The maximum atomic E-state index is 12.4. The Hall–Kier alpha value is -2.33. The van der Waals surface area contributed by atoms with Crippen LogP contribution in [0.25, 0.3) is 0 Å². The van der Waals surface area contributed by atoms with Crippen molar-refractivity contribution in [1.29, 1.82) is 5.26 Å². The number of amides is 1. The van der Waals surface area contributed by atoms with Crippen molar-refractivity contribution in [2.24, 2.45) is 5.73 Å². The second-order valence-electron chi connectivity index (χ2n) is 5.59. The standard InChI is InChI=1S/C17H21N3O3S/c1-3-23-17(22)14-11-7-5-4-6-8-13(11)24-16(14)20-10(2)12(9-18)15(19)21/h20H,3-8H2,1-2H3,(H2,19,21)/b12-10-. The van der Waals surface area contributed by atoms with Gasteiger partial charge in [-0.1, -0.05) is 6.42 Å². The summed E-state index contributed by atoms with van der Waals surface area (Å²) < 4.78 is 5.20. The van der Waals surface area contributed by atoms with E-state index in [4.69, 9.17) is 15.7 Å². The summed E-state index contributed by atoms with van der Waals surface area (Å²) in [7, 11) is 0. The SMILES string of the molecule is CCOC(=O)c1c(N/C(C)=C(/C#N)C(N)=O)sc2c1CCCCC2. The van der Waals surface area contributed by atoms with Gasteiger partial charge in [-0.25, -0.2) is 4.79 Å². The molecule has 0 spiro atoms. The molecule has 1 amide bonds. The van der Waals surface area contributed by atoms with Gasteiger partial charge in [-0.05, 0) is 45.1 Å². The number of nitrogens with two attached hydrogens (primary N) is 1. The molecule has 0 saturated carbocycles. The number of hydrogen-bond donors (Lipinski definition) is 2. The molecule has 128 valence electrons. The number of rotatable bonds is 5. The Morgan fingerprint density at radius 3 is 2.67 bits per heavy atom. The van der Waals surface area contributed by atoms with Crippen LogP contribution in [0.2, 0.25) is 0 Å². The van der Waals surface area contributed by atoms with Crippen molar-refractivity contribution < 1.29 is 14.3 Å². The number of carbonyl (C=O) groups excluding carboxylic acids is 2. The number of ether oxygens (including phenoxy) is 1. The number of aryl methyl sites for hydroxylation is 1. The van der Waals surface area contributed by atoms with Crippen molar-refractivity contribution in [3.8, 4) is 6.07 Å². The number of nitriles is 1. The zero-order chi connectivity index (χ0) is 17.7. The van der Waals surface area contributed by atoms with Gasteiger partial charge < -0.3 is 15.8 Å². The molecule has 0 atom stereocenters. The molecule has 0 aliphatic heterocycles. The number of fused-ring (bicyclic) bond motifs is 1. The predicted octanol–water partition coefficient (Wildman–Crippen LogP) is 2.89. The minimum atomic E-state index is -0.793. The summed E-state index contributed by atoms with van der Waals surface area (Å²) in [6.07, 6.45) is 5.04. The lowest BCUT2D eigenvalue weighted by Gasteiger charge is -2.10. The Kier molecular flexibility index (Phi) is 5.99. The molecule has 1 aliphatic carbocycles. The number of nitrogens with zero attached hydrogens (tertiary/aromatic N) is 1. The average molecular weight is 347 g/mol. The molecule has 1 heterocycles. The number of primary amides is 1. The van der Waals surface area contributed by atoms with E-state index >= 15 is 0 Å². The van der Waals surface area contributed by atoms with Crippen LogP contribution in [0.15, 0.2) is 11.3 Å². The average Bonchev–Trinajstić information content (AvgIpc) is 2.69. The summed E-state index contributed by atoms with van der Waals surface area (Å²) in [4.78, 5) is 24.9. The van der Waals surface area contributed by atoms with Crippen molar-refractivity contribution in [3.05, 3.63) is 27.3 Å². The lowest BCUT2D eigenvalue weighted by Crippen LogP contribution is -2.17. The van der Waals surface area contributed by atoms with E-state index < -0.39 is 5.91 Å². The van der Waals surface area contributed by atoms with Crippen LogP contribution in [0.4, 0.5) is 5.00 Å². The van der Waals surface area contributed by atoms with E-state index in [-0.39, 0.29) is 11.5 Å². The van der Waals surface area contributed by atoms with Crippen LogP contribution in [-0.2, 0) is 22.4 Å². The van der Waals surface area contributed by atoms with Crippen molar-refractivity contribution in [3.63, 3.8) is 0 Å². The smallest absolute Gasteiger partial charge is 0.341 e. The van der Waals surface area contributed by atoms with Gasteiger partial charge in [0.05, 0.1) is 12.2 Å². The van der Waals surface area contributed by atoms with Crippen molar-refractivity contribution in [2.75, 3.05) is 11.9 Å². The first-order chi connectivity index (χ1) is 11.5. The molecular formula is C17H21N3O3S. The molecule has 0 aromatic carbocycles. The van der Waals surface area contributed by atoms with E-state index in [0.29, 0.717) is 22.9 Å². The highest BCUT2D eigenvalue weighted by Crippen LogP contribution is 2.38. The minimum absolute atomic E-state index is 0.145. The molecule has 0 bridgehead atoms. The first kappa shape index (κ1) is 18.0. The molecule has 1 aromatic heterocycles. The summed E-state index contributed by atoms with van der Waals surface area (Å²) in [5.41, 5.74) is 6.97. The Morgan fingerprint density at radius 2 is 2.04 bits per heavy atom. The van der Waals surface area contributed by atoms with Crippen molar-refractivity contribution in [1.82, 2.24) is 0 Å². The highest BCUT2D eigenvalue weighted by molar-refractivity contribution is 7.16. The Bertz CT molecular complexity index is 728. The number of anilines is 1. The maximum absolute atomic E-state index is 12.4. The van der Waals surface area contributed by atoms with Crippen LogP contribution >= 0.6 is 11.3 Å². The minimum Gasteiger partial charge on any atom is -0.462 e. The van der Waals surface area contributed by atoms with Crippen LogP contribution in [0.5, 0.6) is 0 Å². The largest absolute Gasteiger partial charge is 0.462 e. The first-order valence-corrected chi connectivity index (χ1v) is 8.80. The van der Waals surface area contributed by atoms with E-state index in [1.54, 1.807) is 19.9 Å². The van der Waals surface area contributed by atoms with E-state index in [2.05, 4.69) is 5.32 Å². The summed E-state index contributed by atoms with van der Waals surface area (Å²) in [5.74, 6) is -1.16. The zero-order valence-corrected chi connectivity index (χ0v) is 14.7. The number of allylic oxidation sites excluding steroid dienone is 1. The predicted molar refractivity (Wildman–Crippen MR) is 92.7 cm³/mol. The second-order valence-corrected chi connectivity index (χ2v) is 6.70. The molecule has 7 heteroatoms. The molecule has 0 radical (unpaired) electrons. The third-order valence-electron chi connectivity index (χ3n) is 3.94. The summed E-state index contributed by atoms with van der Waals surface area (Å²) in [5, 5.41) is 12.7. The molecular weight excluding hydrogens is 326 g/mol. The normalized spacial score (nSPS) is 14.7. The van der Waals surface area contributed by atoms with Gasteiger partial charge in [0.1, 0.15) is 16.6 Å². The van der Waals surface area contributed by atoms with E-state index in [9.17, 15) is 9.59 Å². The quantitative estimate of drug-likeness (QED) is 0.369. The summed E-state index contributed by atoms with van der Waals surface area (Å²) >= 11 is 1.49. The fraction of sp³-hybridized carbons (Fsp3) is 0.471. The van der Waals surface area contributed by atoms with Gasteiger partial charge in [0, 0.05) is 10.6 Å². The van der Waals surface area contributed by atoms with Gasteiger partial charge in [-0.2, -0.15) is 5.26 Å². The number of nitrogens with one attached hydrogen (secondary N) is 1. The molecule has 24 heavy (non-hydrogen) atoms. The molecule has 6 nitrogen and oxygen atoms in total. The molecule has 3 N–H and O–H groups in total. The molecule has 2 rings (SSSR count). The van der Waals surface area contributed by atoms with Gasteiger partial charge in [0.25, 0.3) is 5.91 Å². The molecule has 1 aliphatic rings. The number of esters is 1. The van der Waals surface area contributed by atoms with Crippen LogP contribution in [0.3, 0.4) is 0 Å². The first-order valence-electron chi connectivity index (χ1n) is 7.99. The number of thiophene rings is 1. The van der Waals surface area contributed by atoms with Crippen LogP contribution in [0.1, 0.15) is 53.9 Å². The highest BCUT2D eigenvalue weighted by atomic mass is 32.1. The monoisotopic (exact) mass is 347 g/mol. The van der Waals surface area contributed by atoms with Gasteiger partial charge in [0.15, 0.2) is 0 Å². The highest BCUT2D eigenvalue weighted by Gasteiger charge is 2.26. The van der Waals surface area contributed by atoms with Crippen LogP contribution in [0, 0.1) is 11.3 Å². The maximum Gasteiger partial charge on any atom is 0.341 e. The summed E-state index contributed by atoms with van der Waals surface area (Å²) in [6.45, 7) is 3.66. The lowest BCUT2D eigenvalue weighted by molar-refractivity contribution is -0.114. The third kappa shape index (κ3) is 3.77. The second kappa shape index (κ2) is 7.97. The number of hydrogen-bond acceptors (Lipinski definition) is 6. The Labute approximate surface area is 145 Å². The topological polar surface area (TPSA) is 105 Å². The fourth-order valence-corrected chi connectivity index (χ4v) is 4.14. The van der Waals surface area contributed by atoms with Gasteiger partial charge in [-0.3, -0.25) is 4.79 Å². The van der Waals surface area contributed by atoms with Gasteiger partial charge in [-0.15, -0.1) is 11.3 Å². The Morgan fingerprint density at radius 1 is 1.33 bits per heavy atom. The van der Waals surface area contributed by atoms with Crippen molar-refractivity contribution >= 4 is 28.2 Å². The van der Waals surface area contributed by atoms with Gasteiger partial charge >= 0.3 is 5.97 Å². The lowest BCUT2D eigenvalue weighted by atomic mass is 10.1.